The van der Waals surface area contributed by atoms with Crippen molar-refractivity contribution in [3.63, 3.8) is 0 Å². The number of hydrogen-bond acceptors (Lipinski definition) is 1. The maximum atomic E-state index is 12.3. The van der Waals surface area contributed by atoms with Crippen LogP contribution in [0.15, 0.2) is 30.3 Å². The van der Waals surface area contributed by atoms with Gasteiger partial charge in [-0.25, -0.2) is 0 Å². The lowest BCUT2D eigenvalue weighted by Gasteiger charge is -2.26. The van der Waals surface area contributed by atoms with Gasteiger partial charge >= 0.3 is 0 Å². The summed E-state index contributed by atoms with van der Waals surface area (Å²) in [5, 5.41) is 0. The average molecular weight is 247 g/mol. The Bertz CT molecular complexity index is 347. The summed E-state index contributed by atoms with van der Waals surface area (Å²) in [4.78, 5) is 14.3. The minimum Gasteiger partial charge on any atom is -0.342 e. The van der Waals surface area contributed by atoms with E-state index in [1.165, 1.54) is 0 Å². The lowest BCUT2D eigenvalue weighted by Crippen LogP contribution is -2.37. The Morgan fingerprint density at radius 2 is 1.50 bits per heavy atom. The zero-order valence-corrected chi connectivity index (χ0v) is 12.0. The van der Waals surface area contributed by atoms with Gasteiger partial charge < -0.3 is 4.90 Å². The van der Waals surface area contributed by atoms with Crippen LogP contribution in [-0.2, 0) is 11.2 Å². The normalized spacial score (nSPS) is 11.0. The van der Waals surface area contributed by atoms with Gasteiger partial charge in [-0.05, 0) is 17.4 Å². The number of benzene rings is 1. The van der Waals surface area contributed by atoms with E-state index >= 15 is 0 Å². The Balaban J connectivity index is 2.64. The van der Waals surface area contributed by atoms with E-state index in [9.17, 15) is 4.79 Å². The first kappa shape index (κ1) is 14.7. The van der Waals surface area contributed by atoms with Crippen molar-refractivity contribution in [1.29, 1.82) is 0 Å². The lowest BCUT2D eigenvalue weighted by atomic mass is 10.1. The number of carbonyl (C=O) groups excluding carboxylic acids is 1. The largest absolute Gasteiger partial charge is 0.342 e. The van der Waals surface area contributed by atoms with Crippen LogP contribution in [0, 0.1) is 11.8 Å². The molecule has 0 fully saturated rings. The molecule has 0 radical (unpaired) electrons. The van der Waals surface area contributed by atoms with Crippen molar-refractivity contribution in [2.24, 2.45) is 11.8 Å². The smallest absolute Gasteiger partial charge is 0.227 e. The van der Waals surface area contributed by atoms with Gasteiger partial charge in [0.15, 0.2) is 0 Å². The Kier molecular flexibility index (Phi) is 5.90. The minimum absolute atomic E-state index is 0.239. The molecule has 0 heterocycles. The molecule has 1 aromatic rings. The second-order valence-corrected chi connectivity index (χ2v) is 5.75. The van der Waals surface area contributed by atoms with Crippen LogP contribution in [0.1, 0.15) is 33.3 Å². The SMILES string of the molecule is CC(C)CN(CC(C)C)C(=O)Cc1ccccc1. The molecule has 0 aliphatic heterocycles. The summed E-state index contributed by atoms with van der Waals surface area (Å²) in [5.41, 5.74) is 1.10. The van der Waals surface area contributed by atoms with E-state index < -0.39 is 0 Å². The molecule has 1 rings (SSSR count). The zero-order valence-electron chi connectivity index (χ0n) is 12.0. The summed E-state index contributed by atoms with van der Waals surface area (Å²) in [6.45, 7) is 10.3. The molecule has 0 aliphatic rings. The first-order valence-electron chi connectivity index (χ1n) is 6.80. The van der Waals surface area contributed by atoms with E-state index in [1.807, 2.05) is 35.2 Å². The van der Waals surface area contributed by atoms with Crippen molar-refractivity contribution >= 4 is 5.91 Å². The molecule has 0 aromatic heterocycles. The molecule has 2 nitrogen and oxygen atoms in total. The molecule has 0 aliphatic carbocycles. The number of nitrogens with zero attached hydrogens (tertiary/aromatic N) is 1. The van der Waals surface area contributed by atoms with E-state index in [4.69, 9.17) is 0 Å². The predicted molar refractivity (Wildman–Crippen MR) is 76.4 cm³/mol. The molecule has 2 heteroatoms. The van der Waals surface area contributed by atoms with Crippen LogP contribution in [0.3, 0.4) is 0 Å². The van der Waals surface area contributed by atoms with E-state index in [0.29, 0.717) is 18.3 Å². The topological polar surface area (TPSA) is 20.3 Å². The highest BCUT2D eigenvalue weighted by Crippen LogP contribution is 2.08. The minimum atomic E-state index is 0.239. The standard InChI is InChI=1S/C16H25NO/c1-13(2)11-17(12-14(3)4)16(18)10-15-8-6-5-7-9-15/h5-9,13-14H,10-12H2,1-4H3. The third-order valence-electron chi connectivity index (χ3n) is 2.72. The van der Waals surface area contributed by atoms with Gasteiger partial charge in [0.05, 0.1) is 6.42 Å². The molecule has 0 saturated carbocycles. The Hall–Kier alpha value is -1.31. The summed E-state index contributed by atoms with van der Waals surface area (Å²) in [5.74, 6) is 1.27. The third kappa shape index (κ3) is 5.35. The number of amides is 1. The molecule has 0 atom stereocenters. The second-order valence-electron chi connectivity index (χ2n) is 5.75. The molecule has 0 saturated heterocycles. The fraction of sp³-hybridized carbons (Fsp3) is 0.562. The molecule has 0 bridgehead atoms. The number of hydrogen-bond donors (Lipinski definition) is 0. The maximum absolute atomic E-state index is 12.3. The highest BCUT2D eigenvalue weighted by molar-refractivity contribution is 5.78. The van der Waals surface area contributed by atoms with Crippen LogP contribution >= 0.6 is 0 Å². The van der Waals surface area contributed by atoms with Crippen molar-refractivity contribution in [2.75, 3.05) is 13.1 Å². The summed E-state index contributed by atoms with van der Waals surface area (Å²) < 4.78 is 0. The molecule has 0 unspecified atom stereocenters. The molecular formula is C16H25NO. The summed E-state index contributed by atoms with van der Waals surface area (Å²) in [7, 11) is 0. The van der Waals surface area contributed by atoms with Crippen LogP contribution in [0.2, 0.25) is 0 Å². The van der Waals surface area contributed by atoms with Crippen molar-refractivity contribution < 1.29 is 4.79 Å². The first-order chi connectivity index (χ1) is 8.49. The molecule has 18 heavy (non-hydrogen) atoms. The van der Waals surface area contributed by atoms with Gasteiger partial charge in [0.2, 0.25) is 5.91 Å². The highest BCUT2D eigenvalue weighted by Gasteiger charge is 2.16. The van der Waals surface area contributed by atoms with Crippen LogP contribution in [-0.4, -0.2) is 23.9 Å². The van der Waals surface area contributed by atoms with Gasteiger partial charge in [-0.15, -0.1) is 0 Å². The van der Waals surface area contributed by atoms with E-state index in [0.717, 1.165) is 18.7 Å². The molecule has 1 amide bonds. The van der Waals surface area contributed by atoms with Crippen molar-refractivity contribution in [1.82, 2.24) is 4.90 Å². The molecule has 1 aromatic carbocycles. The summed E-state index contributed by atoms with van der Waals surface area (Å²) in [6.07, 6.45) is 0.514. The molecule has 0 N–H and O–H groups in total. The highest BCUT2D eigenvalue weighted by atomic mass is 16.2. The predicted octanol–water partition coefficient (Wildman–Crippen LogP) is 3.37. The first-order valence-corrected chi connectivity index (χ1v) is 6.80. The average Bonchev–Trinajstić information content (AvgIpc) is 2.28. The van der Waals surface area contributed by atoms with Crippen molar-refractivity contribution in [2.45, 2.75) is 34.1 Å². The molecule has 0 spiro atoms. The van der Waals surface area contributed by atoms with Crippen LogP contribution in [0.5, 0.6) is 0 Å². The summed E-state index contributed by atoms with van der Waals surface area (Å²) >= 11 is 0. The zero-order chi connectivity index (χ0) is 13.5. The van der Waals surface area contributed by atoms with E-state index in [2.05, 4.69) is 27.7 Å². The van der Waals surface area contributed by atoms with Gasteiger partial charge in [-0.2, -0.15) is 0 Å². The number of rotatable bonds is 6. The summed E-state index contributed by atoms with van der Waals surface area (Å²) in [6, 6.07) is 9.98. The Morgan fingerprint density at radius 3 is 1.94 bits per heavy atom. The van der Waals surface area contributed by atoms with Gasteiger partial charge in [-0.3, -0.25) is 4.79 Å². The van der Waals surface area contributed by atoms with E-state index in [-0.39, 0.29) is 5.91 Å². The second kappa shape index (κ2) is 7.20. The van der Waals surface area contributed by atoms with Crippen molar-refractivity contribution in [3.8, 4) is 0 Å². The van der Waals surface area contributed by atoms with Crippen LogP contribution in [0.25, 0.3) is 0 Å². The molecule has 100 valence electrons. The van der Waals surface area contributed by atoms with Gasteiger partial charge in [0.1, 0.15) is 0 Å². The fourth-order valence-corrected chi connectivity index (χ4v) is 2.04. The van der Waals surface area contributed by atoms with Gasteiger partial charge in [0.25, 0.3) is 0 Å². The monoisotopic (exact) mass is 247 g/mol. The third-order valence-corrected chi connectivity index (χ3v) is 2.72. The molecular weight excluding hydrogens is 222 g/mol. The lowest BCUT2D eigenvalue weighted by molar-refractivity contribution is -0.131. The Morgan fingerprint density at radius 1 is 1.00 bits per heavy atom. The maximum Gasteiger partial charge on any atom is 0.227 e. The van der Waals surface area contributed by atoms with Gasteiger partial charge in [0, 0.05) is 13.1 Å². The number of carbonyl (C=O) groups is 1. The van der Waals surface area contributed by atoms with E-state index in [1.54, 1.807) is 0 Å². The quantitative estimate of drug-likeness (QED) is 0.754. The van der Waals surface area contributed by atoms with Crippen LogP contribution in [0.4, 0.5) is 0 Å². The van der Waals surface area contributed by atoms with Gasteiger partial charge in [-0.1, -0.05) is 58.0 Å². The fourth-order valence-electron chi connectivity index (χ4n) is 2.04. The van der Waals surface area contributed by atoms with Crippen LogP contribution < -0.4 is 0 Å². The van der Waals surface area contributed by atoms with Crippen molar-refractivity contribution in [3.05, 3.63) is 35.9 Å². The Labute approximate surface area is 111 Å².